The highest BCUT2D eigenvalue weighted by atomic mass is 16.6. The van der Waals surface area contributed by atoms with Gasteiger partial charge in [-0.05, 0) is 57.9 Å². The SMILES string of the molecule is CC(C)(C)OC(=O)NC1CCC(=O)CC1=O.O=C1CCC(N2C(=O)c3ccccc3C2=O)C(=O)N1.O=C1OC(=O)c2ccccc21. The number of rotatable bonds is 2. The minimum atomic E-state index is -0.898. The molecule has 0 spiro atoms. The Hall–Kier alpha value is -5.53. The maximum absolute atomic E-state index is 12.2. The Bertz CT molecular complexity index is 1590. The number of ether oxygens (including phenoxy) is 2. The van der Waals surface area contributed by atoms with Crippen molar-refractivity contribution in [2.24, 2.45) is 0 Å². The first-order valence-corrected chi connectivity index (χ1v) is 14.4. The molecule has 2 aromatic carbocycles. The number of cyclic esters (lactones) is 2. The third-order valence-electron chi connectivity index (χ3n) is 7.06. The lowest BCUT2D eigenvalue weighted by Crippen LogP contribution is -2.54. The standard InChI is InChI=1S/C13H10N2O4.C11H17NO4.C8H4O3/c16-10-6-5-9(11(17)14-10)15-12(18)7-3-1-2-4-8(7)13(15)19;1-11(2,3)16-10(15)12-8-5-4-7(13)6-9(8)14;9-7-5-3-1-2-4-6(5)8(10)11-7/h1-4,9H,5-6H2,(H,14,16,17);8H,4-6H2,1-3H3,(H,12,15);1-4H. The van der Waals surface area contributed by atoms with E-state index >= 15 is 0 Å². The molecule has 2 atom stereocenters. The summed E-state index contributed by atoms with van der Waals surface area (Å²) in [5.41, 5.74) is 0.738. The van der Waals surface area contributed by atoms with Crippen molar-refractivity contribution < 1.29 is 52.6 Å². The first kappa shape index (κ1) is 33.4. The minimum absolute atomic E-state index is 0.0627. The van der Waals surface area contributed by atoms with E-state index in [0.29, 0.717) is 35.1 Å². The van der Waals surface area contributed by atoms with E-state index in [0.717, 1.165) is 4.90 Å². The van der Waals surface area contributed by atoms with Crippen LogP contribution in [-0.4, -0.2) is 75.8 Å². The van der Waals surface area contributed by atoms with E-state index in [9.17, 15) is 43.2 Å². The molecule has 0 aromatic heterocycles. The lowest BCUT2D eigenvalue weighted by molar-refractivity contribution is -0.136. The fourth-order valence-electron chi connectivity index (χ4n) is 4.93. The normalized spacial score (nSPS) is 20.4. The average Bonchev–Trinajstić information content (AvgIpc) is 3.41. The van der Waals surface area contributed by atoms with Crippen LogP contribution in [-0.2, 0) is 28.7 Å². The van der Waals surface area contributed by atoms with Crippen LogP contribution in [0.1, 0.15) is 94.3 Å². The third-order valence-corrected chi connectivity index (χ3v) is 7.06. The van der Waals surface area contributed by atoms with Gasteiger partial charge in [-0.1, -0.05) is 24.3 Å². The van der Waals surface area contributed by atoms with Gasteiger partial charge in [-0.3, -0.25) is 39.0 Å². The molecular weight excluding hydrogens is 602 g/mol. The van der Waals surface area contributed by atoms with Crippen LogP contribution in [0.5, 0.6) is 0 Å². The van der Waals surface area contributed by atoms with Crippen molar-refractivity contribution in [3.05, 3.63) is 70.8 Å². The maximum atomic E-state index is 12.2. The number of nitrogens with one attached hydrogen (secondary N) is 2. The molecule has 1 saturated carbocycles. The summed E-state index contributed by atoms with van der Waals surface area (Å²) in [6.07, 6.45) is 0.323. The molecule has 2 N–H and O–H groups in total. The van der Waals surface area contributed by atoms with E-state index in [4.69, 9.17) is 4.74 Å². The fraction of sp³-hybridized carbons (Fsp3) is 0.344. The number of piperidine rings is 1. The molecule has 5 amide bonds. The first-order chi connectivity index (χ1) is 21.7. The molecule has 2 unspecified atom stereocenters. The Labute approximate surface area is 262 Å². The van der Waals surface area contributed by atoms with Crippen molar-refractivity contribution in [3.8, 4) is 0 Å². The highest BCUT2D eigenvalue weighted by Crippen LogP contribution is 2.27. The molecule has 6 rings (SSSR count). The average molecular weight is 634 g/mol. The molecule has 14 nitrogen and oxygen atoms in total. The van der Waals surface area contributed by atoms with Crippen LogP contribution in [0.2, 0.25) is 0 Å². The van der Waals surface area contributed by atoms with Gasteiger partial charge in [0.1, 0.15) is 17.4 Å². The predicted octanol–water partition coefficient (Wildman–Crippen LogP) is 2.29. The van der Waals surface area contributed by atoms with E-state index in [1.807, 2.05) is 0 Å². The zero-order valence-corrected chi connectivity index (χ0v) is 25.2. The second-order valence-electron chi connectivity index (χ2n) is 11.6. The van der Waals surface area contributed by atoms with Crippen LogP contribution in [0.15, 0.2) is 48.5 Å². The lowest BCUT2D eigenvalue weighted by atomic mass is 9.93. The summed E-state index contributed by atoms with van der Waals surface area (Å²) in [4.78, 5) is 104. The van der Waals surface area contributed by atoms with Crippen molar-refractivity contribution in [3.63, 3.8) is 0 Å². The van der Waals surface area contributed by atoms with Gasteiger partial charge in [-0.2, -0.15) is 0 Å². The monoisotopic (exact) mass is 633 g/mol. The van der Waals surface area contributed by atoms with Crippen molar-refractivity contribution in [1.82, 2.24) is 15.5 Å². The molecule has 3 heterocycles. The van der Waals surface area contributed by atoms with Crippen LogP contribution < -0.4 is 10.6 Å². The van der Waals surface area contributed by atoms with Gasteiger partial charge in [-0.25, -0.2) is 14.4 Å². The minimum Gasteiger partial charge on any atom is -0.444 e. The number of carbonyl (C=O) groups is 9. The van der Waals surface area contributed by atoms with Crippen molar-refractivity contribution in [2.45, 2.75) is 70.6 Å². The first-order valence-electron chi connectivity index (χ1n) is 14.4. The van der Waals surface area contributed by atoms with E-state index in [1.165, 1.54) is 0 Å². The van der Waals surface area contributed by atoms with E-state index < -0.39 is 53.4 Å². The summed E-state index contributed by atoms with van der Waals surface area (Å²) < 4.78 is 9.38. The Morgan fingerprint density at radius 1 is 0.804 bits per heavy atom. The molecule has 2 fully saturated rings. The molecule has 3 aliphatic heterocycles. The van der Waals surface area contributed by atoms with Crippen LogP contribution in [0.4, 0.5) is 4.79 Å². The molecule has 14 heteroatoms. The van der Waals surface area contributed by atoms with Gasteiger partial charge in [0.25, 0.3) is 11.8 Å². The number of ketones is 2. The molecule has 1 aliphatic carbocycles. The fourth-order valence-corrected chi connectivity index (χ4v) is 4.93. The van der Waals surface area contributed by atoms with Gasteiger partial charge in [0.05, 0.1) is 34.7 Å². The van der Waals surface area contributed by atoms with Crippen LogP contribution in [0.25, 0.3) is 0 Å². The molecule has 4 aliphatic rings. The Morgan fingerprint density at radius 3 is 1.80 bits per heavy atom. The Morgan fingerprint density at radius 2 is 1.33 bits per heavy atom. The van der Waals surface area contributed by atoms with Gasteiger partial charge in [0, 0.05) is 12.8 Å². The zero-order chi connectivity index (χ0) is 33.8. The van der Waals surface area contributed by atoms with Gasteiger partial charge in [0.15, 0.2) is 5.78 Å². The topological polar surface area (TPSA) is 199 Å². The number of hydrogen-bond donors (Lipinski definition) is 2. The summed E-state index contributed by atoms with van der Waals surface area (Å²) in [5.74, 6) is -3.32. The number of amides is 5. The number of Topliss-reactive ketones (excluding diaryl/α,β-unsaturated/α-hetero) is 2. The number of alkyl carbamates (subject to hydrolysis) is 1. The molecule has 2 aromatic rings. The van der Waals surface area contributed by atoms with Crippen molar-refractivity contribution in [1.29, 1.82) is 0 Å². The predicted molar refractivity (Wildman–Crippen MR) is 156 cm³/mol. The third kappa shape index (κ3) is 7.75. The van der Waals surface area contributed by atoms with Crippen LogP contribution >= 0.6 is 0 Å². The van der Waals surface area contributed by atoms with Crippen molar-refractivity contribution in [2.75, 3.05) is 0 Å². The highest BCUT2D eigenvalue weighted by molar-refractivity contribution is 6.23. The molecule has 240 valence electrons. The Kier molecular flexibility index (Phi) is 9.88. The number of carbonyl (C=O) groups excluding carboxylic acids is 9. The smallest absolute Gasteiger partial charge is 0.408 e. The molecule has 0 bridgehead atoms. The summed E-state index contributed by atoms with van der Waals surface area (Å²) in [7, 11) is 0. The van der Waals surface area contributed by atoms with Crippen LogP contribution in [0.3, 0.4) is 0 Å². The summed E-state index contributed by atoms with van der Waals surface area (Å²) in [6, 6.07) is 11.5. The summed E-state index contributed by atoms with van der Waals surface area (Å²) in [6.45, 7) is 5.25. The lowest BCUT2D eigenvalue weighted by Gasteiger charge is -2.27. The van der Waals surface area contributed by atoms with Gasteiger partial charge < -0.3 is 14.8 Å². The molecule has 46 heavy (non-hydrogen) atoms. The number of hydrogen-bond acceptors (Lipinski definition) is 11. The number of fused-ring (bicyclic) bond motifs is 2. The second kappa shape index (κ2) is 13.6. The van der Waals surface area contributed by atoms with E-state index in [-0.39, 0.29) is 36.7 Å². The van der Waals surface area contributed by atoms with Gasteiger partial charge in [0.2, 0.25) is 11.8 Å². The summed E-state index contributed by atoms with van der Waals surface area (Å²) in [5, 5.41) is 4.63. The summed E-state index contributed by atoms with van der Waals surface area (Å²) >= 11 is 0. The number of benzene rings is 2. The van der Waals surface area contributed by atoms with Gasteiger partial charge in [-0.15, -0.1) is 0 Å². The van der Waals surface area contributed by atoms with E-state index in [1.54, 1.807) is 69.3 Å². The number of imide groups is 2. The molecular formula is C32H31N3O11. The largest absolute Gasteiger partial charge is 0.444 e. The highest BCUT2D eigenvalue weighted by Gasteiger charge is 2.44. The van der Waals surface area contributed by atoms with Crippen molar-refractivity contribution >= 4 is 53.2 Å². The quantitative estimate of drug-likeness (QED) is 0.279. The second-order valence-corrected chi connectivity index (χ2v) is 11.6. The van der Waals surface area contributed by atoms with Crippen LogP contribution in [0, 0.1) is 0 Å². The molecule has 0 radical (unpaired) electrons. The van der Waals surface area contributed by atoms with Gasteiger partial charge >= 0.3 is 18.0 Å². The number of esters is 2. The van der Waals surface area contributed by atoms with E-state index in [2.05, 4.69) is 15.4 Å². The molecule has 1 saturated heterocycles. The zero-order valence-electron chi connectivity index (χ0n) is 25.2. The maximum Gasteiger partial charge on any atom is 0.408 e. The Balaban J connectivity index is 0.000000162. The number of nitrogens with zero attached hydrogens (tertiary/aromatic N) is 1.